The lowest BCUT2D eigenvalue weighted by Crippen LogP contribution is -2.23. The van der Waals surface area contributed by atoms with E-state index in [4.69, 9.17) is 0 Å². The normalized spacial score (nSPS) is 17.9. The molecule has 0 heteroatoms. The van der Waals surface area contributed by atoms with E-state index in [9.17, 15) is 0 Å². The van der Waals surface area contributed by atoms with Gasteiger partial charge in [-0.1, -0.05) is 82.3 Å². The molecule has 0 heterocycles. The van der Waals surface area contributed by atoms with Gasteiger partial charge in [0.05, 0.1) is 0 Å². The first kappa shape index (κ1) is 15.1. The first-order valence-electron chi connectivity index (χ1n) is 10.3. The summed E-state index contributed by atoms with van der Waals surface area (Å²) in [7, 11) is 0. The van der Waals surface area contributed by atoms with Crippen molar-refractivity contribution < 1.29 is 0 Å². The molecule has 0 saturated carbocycles. The molecule has 4 aromatic carbocycles. The minimum absolute atomic E-state index is 0.0158. The molecule has 0 atom stereocenters. The summed E-state index contributed by atoms with van der Waals surface area (Å²) in [5.74, 6) is 0. The smallest absolute Gasteiger partial charge is 0.0159 e. The summed E-state index contributed by atoms with van der Waals surface area (Å²) in [4.78, 5) is 0. The maximum atomic E-state index is 2.51. The Bertz CT molecular complexity index is 1400. The molecule has 0 spiro atoms. The van der Waals surface area contributed by atoms with Gasteiger partial charge in [-0.25, -0.2) is 0 Å². The molecule has 0 N–H and O–H groups in total. The van der Waals surface area contributed by atoms with E-state index >= 15 is 0 Å². The van der Waals surface area contributed by atoms with Gasteiger partial charge < -0.3 is 0 Å². The average molecular weight is 358 g/mol. The summed E-state index contributed by atoms with van der Waals surface area (Å²) in [6.45, 7) is 9.62. The molecular weight excluding hydrogens is 336 g/mol. The maximum absolute atomic E-state index is 2.51. The highest BCUT2D eigenvalue weighted by Crippen LogP contribution is 2.63. The lowest BCUT2D eigenvalue weighted by molar-refractivity contribution is 0.639. The van der Waals surface area contributed by atoms with Crippen LogP contribution in [0, 0.1) is 0 Å². The van der Waals surface area contributed by atoms with E-state index in [1.807, 2.05) is 0 Å². The Morgan fingerprint density at radius 2 is 1.11 bits per heavy atom. The van der Waals surface area contributed by atoms with Crippen LogP contribution >= 0.6 is 0 Å². The maximum Gasteiger partial charge on any atom is 0.0159 e. The van der Waals surface area contributed by atoms with Crippen molar-refractivity contribution >= 4 is 10.8 Å². The van der Waals surface area contributed by atoms with Crippen LogP contribution in [0.25, 0.3) is 44.2 Å². The Morgan fingerprint density at radius 3 is 1.82 bits per heavy atom. The van der Waals surface area contributed by atoms with Crippen molar-refractivity contribution in [2.75, 3.05) is 0 Å². The monoisotopic (exact) mass is 358 g/mol. The molecule has 0 aliphatic heterocycles. The molecule has 28 heavy (non-hydrogen) atoms. The van der Waals surface area contributed by atoms with Crippen LogP contribution < -0.4 is 0 Å². The van der Waals surface area contributed by atoms with Crippen LogP contribution in [0.3, 0.4) is 0 Å². The van der Waals surface area contributed by atoms with Crippen LogP contribution in [-0.4, -0.2) is 0 Å². The molecule has 0 radical (unpaired) electrons. The van der Waals surface area contributed by atoms with E-state index in [1.54, 1.807) is 0 Å². The van der Waals surface area contributed by atoms with Gasteiger partial charge in [0, 0.05) is 10.8 Å². The molecule has 0 nitrogen and oxygen atoms in total. The fraction of sp³-hybridized carbons (Fsp3) is 0.214. The molecule has 134 valence electrons. The van der Waals surface area contributed by atoms with E-state index in [0.717, 1.165) is 0 Å². The second-order valence-electron chi connectivity index (χ2n) is 9.78. The highest BCUT2D eigenvalue weighted by molar-refractivity contribution is 6.22. The van der Waals surface area contributed by atoms with Gasteiger partial charge in [-0.15, -0.1) is 0 Å². The summed E-state index contributed by atoms with van der Waals surface area (Å²) in [5, 5.41) is 2.99. The average Bonchev–Trinajstić information content (AvgIpc) is 3.13. The fourth-order valence-corrected chi connectivity index (χ4v) is 6.38. The Kier molecular flexibility index (Phi) is 2.29. The van der Waals surface area contributed by atoms with E-state index in [0.29, 0.717) is 0 Å². The standard InChI is InChI=1S/C28H22/c1-27(2)19-10-7-11-20-24(19)26-22(28(20,3)4)14-18-16-9-6-5-8-15(16)17-12-13-21(27)25(26)23(17)18/h5-14H,1-4H3. The minimum Gasteiger partial charge on any atom is -0.0616 e. The molecule has 3 aliphatic rings. The fourth-order valence-electron chi connectivity index (χ4n) is 6.38. The third-order valence-corrected chi connectivity index (χ3v) is 7.80. The predicted molar refractivity (Wildman–Crippen MR) is 118 cm³/mol. The summed E-state index contributed by atoms with van der Waals surface area (Å²) in [6.07, 6.45) is 0. The summed E-state index contributed by atoms with van der Waals surface area (Å²) < 4.78 is 0. The zero-order valence-electron chi connectivity index (χ0n) is 16.8. The van der Waals surface area contributed by atoms with E-state index in [1.165, 1.54) is 66.4 Å². The van der Waals surface area contributed by atoms with Crippen LogP contribution in [0.1, 0.15) is 49.9 Å². The third kappa shape index (κ3) is 1.37. The summed E-state index contributed by atoms with van der Waals surface area (Å²) >= 11 is 0. The van der Waals surface area contributed by atoms with Gasteiger partial charge in [0.15, 0.2) is 0 Å². The van der Waals surface area contributed by atoms with Gasteiger partial charge in [-0.3, -0.25) is 0 Å². The summed E-state index contributed by atoms with van der Waals surface area (Å²) in [5.41, 5.74) is 14.7. The van der Waals surface area contributed by atoms with Gasteiger partial charge in [0.25, 0.3) is 0 Å². The number of fused-ring (bicyclic) bond motifs is 3. The second kappa shape index (κ2) is 4.25. The first-order valence-corrected chi connectivity index (χ1v) is 10.3. The van der Waals surface area contributed by atoms with Gasteiger partial charge >= 0.3 is 0 Å². The van der Waals surface area contributed by atoms with Crippen molar-refractivity contribution in [3.8, 4) is 33.4 Å². The zero-order valence-corrected chi connectivity index (χ0v) is 16.8. The number of rotatable bonds is 0. The first-order chi connectivity index (χ1) is 13.4. The van der Waals surface area contributed by atoms with Crippen molar-refractivity contribution in [2.24, 2.45) is 0 Å². The molecule has 0 aromatic heterocycles. The van der Waals surface area contributed by atoms with Crippen molar-refractivity contribution in [1.29, 1.82) is 0 Å². The molecule has 4 aromatic rings. The molecule has 7 rings (SSSR count). The molecular formula is C28H22. The molecule has 0 bridgehead atoms. The topological polar surface area (TPSA) is 0 Å². The Morgan fingerprint density at radius 1 is 0.464 bits per heavy atom. The highest BCUT2D eigenvalue weighted by Gasteiger charge is 2.46. The zero-order chi connectivity index (χ0) is 19.0. The summed E-state index contributed by atoms with van der Waals surface area (Å²) in [6, 6.07) is 23.2. The SMILES string of the molecule is CC1(C)c2cccc3c2-c2c1cc1c4c(ccc(c24)C3(C)C)-c2ccccc2-1. The van der Waals surface area contributed by atoms with Crippen LogP contribution in [0.5, 0.6) is 0 Å². The minimum atomic E-state index is 0.0158. The quantitative estimate of drug-likeness (QED) is 0.270. The predicted octanol–water partition coefficient (Wildman–Crippen LogP) is 7.43. The van der Waals surface area contributed by atoms with Crippen molar-refractivity contribution in [1.82, 2.24) is 0 Å². The third-order valence-electron chi connectivity index (χ3n) is 7.80. The van der Waals surface area contributed by atoms with Crippen molar-refractivity contribution in [2.45, 2.75) is 38.5 Å². The second-order valence-corrected chi connectivity index (χ2v) is 9.78. The number of benzene rings is 4. The van der Waals surface area contributed by atoms with Crippen LogP contribution in [0.2, 0.25) is 0 Å². The number of hydrogen-bond donors (Lipinski definition) is 0. The molecule has 0 unspecified atom stereocenters. The number of hydrogen-bond acceptors (Lipinski definition) is 0. The Hall–Kier alpha value is -2.86. The van der Waals surface area contributed by atoms with E-state index in [2.05, 4.69) is 88.4 Å². The van der Waals surface area contributed by atoms with Crippen LogP contribution in [0.15, 0.2) is 60.7 Å². The van der Waals surface area contributed by atoms with Crippen LogP contribution in [0.4, 0.5) is 0 Å². The Labute approximate surface area is 165 Å². The van der Waals surface area contributed by atoms with E-state index < -0.39 is 0 Å². The highest BCUT2D eigenvalue weighted by atomic mass is 14.5. The van der Waals surface area contributed by atoms with Gasteiger partial charge in [-0.05, 0) is 72.5 Å². The van der Waals surface area contributed by atoms with Gasteiger partial charge in [-0.2, -0.15) is 0 Å². The Balaban J connectivity index is 1.82. The van der Waals surface area contributed by atoms with Crippen molar-refractivity contribution in [3.05, 3.63) is 82.9 Å². The molecule has 0 saturated heterocycles. The van der Waals surface area contributed by atoms with Gasteiger partial charge in [0.2, 0.25) is 0 Å². The van der Waals surface area contributed by atoms with Gasteiger partial charge in [0.1, 0.15) is 0 Å². The largest absolute Gasteiger partial charge is 0.0616 e. The molecule has 0 amide bonds. The van der Waals surface area contributed by atoms with E-state index in [-0.39, 0.29) is 10.8 Å². The van der Waals surface area contributed by atoms with Crippen LogP contribution in [-0.2, 0) is 10.8 Å². The lowest BCUT2D eigenvalue weighted by Gasteiger charge is -2.35. The molecule has 3 aliphatic carbocycles. The lowest BCUT2D eigenvalue weighted by atomic mass is 9.68. The van der Waals surface area contributed by atoms with Crippen molar-refractivity contribution in [3.63, 3.8) is 0 Å². The molecule has 0 fully saturated rings.